The van der Waals surface area contributed by atoms with E-state index in [2.05, 4.69) is 11.0 Å². The number of rotatable bonds is 3. The molecule has 1 aromatic rings. The van der Waals surface area contributed by atoms with Crippen LogP contribution in [0.1, 0.15) is 11.6 Å². The minimum atomic E-state index is -0.241. The summed E-state index contributed by atoms with van der Waals surface area (Å²) in [6.07, 6.45) is 0. The van der Waals surface area contributed by atoms with Gasteiger partial charge in [-0.2, -0.15) is 5.26 Å². The molecule has 0 aromatic heterocycles. The van der Waals surface area contributed by atoms with Crippen molar-refractivity contribution in [2.75, 3.05) is 32.1 Å². The Morgan fingerprint density at radius 1 is 1.26 bits per heavy atom. The highest BCUT2D eigenvalue weighted by Gasteiger charge is 2.26. The minimum absolute atomic E-state index is 0.0281. The van der Waals surface area contributed by atoms with Crippen LogP contribution in [-0.2, 0) is 4.79 Å². The summed E-state index contributed by atoms with van der Waals surface area (Å²) < 4.78 is 0. The SMILES string of the molecule is N#C[C@@H](c1ccccc1)N1CCN(C(=O)CCl)CC1. The third-order valence-corrected chi connectivity index (χ3v) is 3.61. The number of halogens is 1. The van der Waals surface area contributed by atoms with E-state index in [1.165, 1.54) is 0 Å². The molecule has 1 aromatic carbocycles. The van der Waals surface area contributed by atoms with Gasteiger partial charge in [-0.15, -0.1) is 11.6 Å². The molecular formula is C14H16ClN3O. The summed E-state index contributed by atoms with van der Waals surface area (Å²) >= 11 is 5.55. The van der Waals surface area contributed by atoms with Crippen molar-refractivity contribution in [2.45, 2.75) is 6.04 Å². The largest absolute Gasteiger partial charge is 0.339 e. The summed E-state index contributed by atoms with van der Waals surface area (Å²) in [5.74, 6) is -0.00470. The number of hydrogen-bond acceptors (Lipinski definition) is 3. The van der Waals surface area contributed by atoms with Gasteiger partial charge in [-0.1, -0.05) is 30.3 Å². The molecule has 19 heavy (non-hydrogen) atoms. The van der Waals surface area contributed by atoms with Crippen molar-refractivity contribution in [1.82, 2.24) is 9.80 Å². The molecule has 1 heterocycles. The number of carbonyl (C=O) groups is 1. The highest BCUT2D eigenvalue weighted by atomic mass is 35.5. The van der Waals surface area contributed by atoms with E-state index in [0.717, 1.165) is 5.56 Å². The van der Waals surface area contributed by atoms with E-state index in [4.69, 9.17) is 11.6 Å². The van der Waals surface area contributed by atoms with Crippen LogP contribution in [0.5, 0.6) is 0 Å². The minimum Gasteiger partial charge on any atom is -0.339 e. The first-order chi connectivity index (χ1) is 9.26. The molecule has 100 valence electrons. The number of nitrogens with zero attached hydrogens (tertiary/aromatic N) is 3. The Labute approximate surface area is 118 Å². The summed E-state index contributed by atoms with van der Waals surface area (Å²) in [5.41, 5.74) is 1.00. The average Bonchev–Trinajstić information content (AvgIpc) is 2.49. The first-order valence-electron chi connectivity index (χ1n) is 6.28. The predicted octanol–water partition coefficient (Wildman–Crippen LogP) is 1.63. The lowest BCUT2D eigenvalue weighted by Gasteiger charge is -2.36. The molecule has 1 fully saturated rings. The molecule has 0 saturated carbocycles. The number of piperazine rings is 1. The van der Waals surface area contributed by atoms with Crippen LogP contribution in [0.25, 0.3) is 0 Å². The van der Waals surface area contributed by atoms with Gasteiger partial charge < -0.3 is 4.90 Å². The second kappa shape index (κ2) is 6.55. The number of benzene rings is 1. The van der Waals surface area contributed by atoms with Crippen molar-refractivity contribution >= 4 is 17.5 Å². The maximum absolute atomic E-state index is 11.5. The summed E-state index contributed by atoms with van der Waals surface area (Å²) in [7, 11) is 0. The van der Waals surface area contributed by atoms with Crippen LogP contribution in [0.4, 0.5) is 0 Å². The van der Waals surface area contributed by atoms with Gasteiger partial charge >= 0.3 is 0 Å². The Hall–Kier alpha value is -1.57. The molecule has 0 N–H and O–H groups in total. The van der Waals surface area contributed by atoms with Gasteiger partial charge in [0.1, 0.15) is 11.9 Å². The van der Waals surface area contributed by atoms with Crippen LogP contribution in [0.15, 0.2) is 30.3 Å². The van der Waals surface area contributed by atoms with E-state index in [1.54, 1.807) is 4.90 Å². The van der Waals surface area contributed by atoms with E-state index in [-0.39, 0.29) is 17.8 Å². The number of carbonyl (C=O) groups excluding carboxylic acids is 1. The Balaban J connectivity index is 2.00. The van der Waals surface area contributed by atoms with Gasteiger partial charge in [0, 0.05) is 26.2 Å². The fourth-order valence-electron chi connectivity index (χ4n) is 2.32. The number of alkyl halides is 1. The van der Waals surface area contributed by atoms with Crippen LogP contribution < -0.4 is 0 Å². The van der Waals surface area contributed by atoms with Crippen molar-refractivity contribution in [3.8, 4) is 6.07 Å². The summed E-state index contributed by atoms with van der Waals surface area (Å²) in [6.45, 7) is 2.68. The van der Waals surface area contributed by atoms with Gasteiger partial charge in [-0.05, 0) is 5.56 Å². The molecule has 0 radical (unpaired) electrons. The lowest BCUT2D eigenvalue weighted by molar-refractivity contribution is -0.130. The first-order valence-corrected chi connectivity index (χ1v) is 6.82. The second-order valence-electron chi connectivity index (χ2n) is 4.49. The summed E-state index contributed by atoms with van der Waals surface area (Å²) in [5, 5.41) is 9.36. The highest BCUT2D eigenvalue weighted by molar-refractivity contribution is 6.27. The quantitative estimate of drug-likeness (QED) is 0.789. The highest BCUT2D eigenvalue weighted by Crippen LogP contribution is 2.21. The molecule has 2 rings (SSSR count). The summed E-state index contributed by atoms with van der Waals surface area (Å²) in [4.78, 5) is 15.4. The Kier molecular flexibility index (Phi) is 4.78. The number of nitriles is 1. The zero-order valence-electron chi connectivity index (χ0n) is 10.6. The van der Waals surface area contributed by atoms with Gasteiger partial charge in [-0.3, -0.25) is 9.69 Å². The topological polar surface area (TPSA) is 47.3 Å². The van der Waals surface area contributed by atoms with Crippen LogP contribution in [0, 0.1) is 11.3 Å². The monoisotopic (exact) mass is 277 g/mol. The lowest BCUT2D eigenvalue weighted by Crippen LogP contribution is -2.49. The zero-order valence-corrected chi connectivity index (χ0v) is 11.4. The fourth-order valence-corrected chi connectivity index (χ4v) is 2.49. The molecule has 1 aliphatic rings. The molecule has 0 spiro atoms. The van der Waals surface area contributed by atoms with Crippen molar-refractivity contribution < 1.29 is 4.79 Å². The van der Waals surface area contributed by atoms with Gasteiger partial charge in [0.2, 0.25) is 5.91 Å². The van der Waals surface area contributed by atoms with Gasteiger partial charge in [0.05, 0.1) is 6.07 Å². The second-order valence-corrected chi connectivity index (χ2v) is 4.76. The molecular weight excluding hydrogens is 262 g/mol. The molecule has 4 nitrogen and oxygen atoms in total. The van der Waals surface area contributed by atoms with E-state index in [9.17, 15) is 10.1 Å². The van der Waals surface area contributed by atoms with Gasteiger partial charge in [0.15, 0.2) is 0 Å². The smallest absolute Gasteiger partial charge is 0.237 e. The van der Waals surface area contributed by atoms with E-state index >= 15 is 0 Å². The van der Waals surface area contributed by atoms with Crippen LogP contribution >= 0.6 is 11.6 Å². The molecule has 0 bridgehead atoms. The Morgan fingerprint density at radius 3 is 2.42 bits per heavy atom. The maximum Gasteiger partial charge on any atom is 0.237 e. The Bertz CT molecular complexity index is 463. The molecule has 1 atom stereocenters. The zero-order chi connectivity index (χ0) is 13.7. The standard InChI is InChI=1S/C14H16ClN3O/c15-10-14(19)18-8-6-17(7-9-18)13(11-16)12-4-2-1-3-5-12/h1-5,13H,6-10H2/t13-/m0/s1. The predicted molar refractivity (Wildman–Crippen MR) is 73.7 cm³/mol. The average molecular weight is 278 g/mol. The molecule has 1 amide bonds. The van der Waals surface area contributed by atoms with Crippen LogP contribution in [-0.4, -0.2) is 47.8 Å². The third kappa shape index (κ3) is 3.25. The van der Waals surface area contributed by atoms with Crippen molar-refractivity contribution in [2.24, 2.45) is 0 Å². The van der Waals surface area contributed by atoms with Crippen molar-refractivity contribution in [3.63, 3.8) is 0 Å². The van der Waals surface area contributed by atoms with Gasteiger partial charge in [-0.25, -0.2) is 0 Å². The Morgan fingerprint density at radius 2 is 1.89 bits per heavy atom. The maximum atomic E-state index is 11.5. The number of amides is 1. The lowest BCUT2D eigenvalue weighted by atomic mass is 10.1. The van der Waals surface area contributed by atoms with Gasteiger partial charge in [0.25, 0.3) is 0 Å². The molecule has 0 aliphatic carbocycles. The van der Waals surface area contributed by atoms with Crippen LogP contribution in [0.3, 0.4) is 0 Å². The fraction of sp³-hybridized carbons (Fsp3) is 0.429. The summed E-state index contributed by atoms with van der Waals surface area (Å²) in [6, 6.07) is 11.8. The van der Waals surface area contributed by atoms with Crippen molar-refractivity contribution in [1.29, 1.82) is 5.26 Å². The molecule has 0 unspecified atom stereocenters. The third-order valence-electron chi connectivity index (χ3n) is 3.38. The molecule has 1 aliphatic heterocycles. The molecule has 5 heteroatoms. The molecule has 1 saturated heterocycles. The van der Waals surface area contributed by atoms with E-state index in [0.29, 0.717) is 26.2 Å². The van der Waals surface area contributed by atoms with Crippen molar-refractivity contribution in [3.05, 3.63) is 35.9 Å². The normalized spacial score (nSPS) is 17.8. The van der Waals surface area contributed by atoms with E-state index in [1.807, 2.05) is 30.3 Å². The number of hydrogen-bond donors (Lipinski definition) is 0. The first kappa shape index (κ1) is 13.9. The van der Waals surface area contributed by atoms with Crippen LogP contribution in [0.2, 0.25) is 0 Å². The van der Waals surface area contributed by atoms with E-state index < -0.39 is 0 Å².